The highest BCUT2D eigenvalue weighted by molar-refractivity contribution is 7.93. The van der Waals surface area contributed by atoms with Crippen LogP contribution in [0.4, 0.5) is 5.69 Å². The van der Waals surface area contributed by atoms with Crippen LogP contribution in [0.3, 0.4) is 0 Å². The quantitative estimate of drug-likeness (QED) is 0.750. The number of methoxy groups -OCH3 is 1. The van der Waals surface area contributed by atoms with E-state index in [0.717, 1.165) is 0 Å². The first kappa shape index (κ1) is 16.6. The molecule has 0 radical (unpaired) electrons. The minimum atomic E-state index is -3.83. The number of halogens is 1. The molecule has 0 aliphatic rings. The molecule has 0 amide bonds. The Hall–Kier alpha value is -2.25. The Labute approximate surface area is 145 Å². The Balaban J connectivity index is 2.11. The lowest BCUT2D eigenvalue weighted by Gasteiger charge is -2.11. The first-order valence-electron chi connectivity index (χ1n) is 7.26. The van der Waals surface area contributed by atoms with Crippen molar-refractivity contribution in [3.8, 4) is 5.75 Å². The fourth-order valence-corrected chi connectivity index (χ4v) is 3.95. The molecule has 0 unspecified atom stereocenters. The molecule has 0 saturated carbocycles. The van der Waals surface area contributed by atoms with Crippen LogP contribution >= 0.6 is 11.6 Å². The molecule has 8 heteroatoms. The highest BCUT2D eigenvalue weighted by Gasteiger charge is 2.22. The summed E-state index contributed by atoms with van der Waals surface area (Å²) in [5, 5.41) is 0.971. The molecule has 2 heterocycles. The Morgan fingerprint density at radius 2 is 2.12 bits per heavy atom. The predicted molar refractivity (Wildman–Crippen MR) is 94.2 cm³/mol. The van der Waals surface area contributed by atoms with E-state index in [1.165, 1.54) is 13.2 Å². The van der Waals surface area contributed by atoms with Crippen LogP contribution in [0, 0.1) is 0 Å². The molecule has 0 saturated heterocycles. The van der Waals surface area contributed by atoms with Gasteiger partial charge in [0.2, 0.25) is 0 Å². The van der Waals surface area contributed by atoms with Crippen LogP contribution in [0.15, 0.2) is 47.6 Å². The van der Waals surface area contributed by atoms with Gasteiger partial charge in [0, 0.05) is 29.3 Å². The highest BCUT2D eigenvalue weighted by Crippen LogP contribution is 2.31. The summed E-state index contributed by atoms with van der Waals surface area (Å²) in [5.74, 6) is 0.389. The zero-order chi connectivity index (χ0) is 17.3. The van der Waals surface area contributed by atoms with Gasteiger partial charge in [-0.3, -0.25) is 4.72 Å². The second kappa shape index (κ2) is 6.33. The van der Waals surface area contributed by atoms with Gasteiger partial charge in [-0.2, -0.15) is 0 Å². The molecule has 1 N–H and O–H groups in total. The van der Waals surface area contributed by atoms with Crippen molar-refractivity contribution < 1.29 is 13.2 Å². The van der Waals surface area contributed by atoms with E-state index in [0.29, 0.717) is 28.4 Å². The van der Waals surface area contributed by atoms with E-state index >= 15 is 0 Å². The van der Waals surface area contributed by atoms with Crippen molar-refractivity contribution >= 4 is 38.3 Å². The van der Waals surface area contributed by atoms with Gasteiger partial charge < -0.3 is 9.30 Å². The summed E-state index contributed by atoms with van der Waals surface area (Å²) in [6.07, 6.45) is 3.22. The van der Waals surface area contributed by atoms with Crippen molar-refractivity contribution in [1.82, 2.24) is 9.55 Å². The standard InChI is InChI=1S/C16H16ClN3O3S/c1-3-20-10-15(12-5-4-8-18-16(12)20)24(21,22)19-13-9-11(17)6-7-14(13)23-2/h4-10,19H,3H2,1-2H3. The van der Waals surface area contributed by atoms with E-state index in [9.17, 15) is 8.42 Å². The molecule has 6 nitrogen and oxygen atoms in total. The first-order valence-corrected chi connectivity index (χ1v) is 9.12. The van der Waals surface area contributed by atoms with Crippen molar-refractivity contribution in [2.24, 2.45) is 0 Å². The molecule has 0 aliphatic carbocycles. The van der Waals surface area contributed by atoms with Crippen LogP contribution in [0.5, 0.6) is 5.75 Å². The van der Waals surface area contributed by atoms with Gasteiger partial charge in [0.1, 0.15) is 16.3 Å². The summed E-state index contributed by atoms with van der Waals surface area (Å²) in [6, 6.07) is 8.19. The fourth-order valence-electron chi connectivity index (χ4n) is 2.51. The van der Waals surface area contributed by atoms with Crippen LogP contribution in [-0.2, 0) is 16.6 Å². The number of ether oxygens (including phenoxy) is 1. The number of nitrogens with one attached hydrogen (secondary N) is 1. The molecular formula is C16H16ClN3O3S. The average Bonchev–Trinajstić information content (AvgIpc) is 2.94. The van der Waals surface area contributed by atoms with Gasteiger partial charge in [-0.15, -0.1) is 0 Å². The highest BCUT2D eigenvalue weighted by atomic mass is 35.5. The molecule has 3 rings (SSSR count). The maximum atomic E-state index is 12.9. The molecule has 0 bridgehead atoms. The lowest BCUT2D eigenvalue weighted by molar-refractivity contribution is 0.417. The molecule has 0 aliphatic heterocycles. The van der Waals surface area contributed by atoms with Crippen molar-refractivity contribution in [3.63, 3.8) is 0 Å². The average molecular weight is 366 g/mol. The lowest BCUT2D eigenvalue weighted by atomic mass is 10.3. The maximum absolute atomic E-state index is 12.9. The van der Waals surface area contributed by atoms with Gasteiger partial charge in [-0.25, -0.2) is 13.4 Å². The third kappa shape index (κ3) is 2.92. The first-order chi connectivity index (χ1) is 11.5. The Bertz CT molecular complexity index is 999. The van der Waals surface area contributed by atoms with E-state index in [2.05, 4.69) is 9.71 Å². The maximum Gasteiger partial charge on any atom is 0.264 e. The number of hydrogen-bond donors (Lipinski definition) is 1. The number of aromatic nitrogens is 2. The molecule has 3 aromatic rings. The zero-order valence-corrected chi connectivity index (χ0v) is 14.7. The van der Waals surface area contributed by atoms with E-state index in [1.807, 2.05) is 6.92 Å². The summed E-state index contributed by atoms with van der Waals surface area (Å²) in [4.78, 5) is 4.43. The number of rotatable bonds is 5. The van der Waals surface area contributed by atoms with Gasteiger partial charge in [0.25, 0.3) is 10.0 Å². The van der Waals surface area contributed by atoms with Crippen LogP contribution < -0.4 is 9.46 Å². The van der Waals surface area contributed by atoms with Crippen molar-refractivity contribution in [3.05, 3.63) is 47.7 Å². The van der Waals surface area contributed by atoms with Crippen LogP contribution in [-0.4, -0.2) is 25.1 Å². The summed E-state index contributed by atoms with van der Waals surface area (Å²) in [5.41, 5.74) is 0.907. The second-order valence-electron chi connectivity index (χ2n) is 5.10. The van der Waals surface area contributed by atoms with Gasteiger partial charge in [0.05, 0.1) is 12.8 Å². The molecule has 0 fully saturated rings. The van der Waals surface area contributed by atoms with E-state index in [1.54, 1.807) is 41.2 Å². The number of fused-ring (bicyclic) bond motifs is 1. The largest absolute Gasteiger partial charge is 0.495 e. The summed E-state index contributed by atoms with van der Waals surface area (Å²) >= 11 is 5.97. The molecule has 24 heavy (non-hydrogen) atoms. The summed E-state index contributed by atoms with van der Waals surface area (Å²) in [6.45, 7) is 2.54. The molecule has 2 aromatic heterocycles. The molecule has 126 valence electrons. The number of nitrogens with zero attached hydrogens (tertiary/aromatic N) is 2. The normalized spacial score (nSPS) is 11.6. The number of pyridine rings is 1. The Morgan fingerprint density at radius 3 is 2.83 bits per heavy atom. The van der Waals surface area contributed by atoms with Gasteiger partial charge >= 0.3 is 0 Å². The number of sulfonamides is 1. The van der Waals surface area contributed by atoms with Gasteiger partial charge in [-0.05, 0) is 37.3 Å². The van der Waals surface area contributed by atoms with Crippen LogP contribution in [0.1, 0.15) is 6.92 Å². The van der Waals surface area contributed by atoms with Gasteiger partial charge in [-0.1, -0.05) is 11.6 Å². The predicted octanol–water partition coefficient (Wildman–Crippen LogP) is 3.52. The second-order valence-corrected chi connectivity index (χ2v) is 7.19. The van der Waals surface area contributed by atoms with Crippen molar-refractivity contribution in [1.29, 1.82) is 0 Å². The van der Waals surface area contributed by atoms with Crippen molar-refractivity contribution in [2.75, 3.05) is 11.8 Å². The fraction of sp³-hybridized carbons (Fsp3) is 0.188. The summed E-state index contributed by atoms with van der Waals surface area (Å²) < 4.78 is 35.3. The van der Waals surface area contributed by atoms with E-state index in [4.69, 9.17) is 16.3 Å². The minimum Gasteiger partial charge on any atom is -0.495 e. The molecule has 0 atom stereocenters. The smallest absolute Gasteiger partial charge is 0.264 e. The summed E-state index contributed by atoms with van der Waals surface area (Å²) in [7, 11) is -2.36. The third-order valence-electron chi connectivity index (χ3n) is 3.63. The SMILES string of the molecule is CCn1cc(S(=O)(=O)Nc2cc(Cl)ccc2OC)c2cccnc21. The molecule has 0 spiro atoms. The number of aryl methyl sites for hydroxylation is 1. The van der Waals surface area contributed by atoms with E-state index < -0.39 is 10.0 Å². The number of benzene rings is 1. The lowest BCUT2D eigenvalue weighted by Crippen LogP contribution is -2.13. The minimum absolute atomic E-state index is 0.162. The van der Waals surface area contributed by atoms with E-state index in [-0.39, 0.29) is 10.6 Å². The van der Waals surface area contributed by atoms with Crippen LogP contribution in [0.25, 0.3) is 11.0 Å². The van der Waals surface area contributed by atoms with Gasteiger partial charge in [0.15, 0.2) is 0 Å². The molecular weight excluding hydrogens is 350 g/mol. The monoisotopic (exact) mass is 365 g/mol. The Morgan fingerprint density at radius 1 is 1.33 bits per heavy atom. The van der Waals surface area contributed by atoms with Crippen LogP contribution in [0.2, 0.25) is 5.02 Å². The third-order valence-corrected chi connectivity index (χ3v) is 5.26. The topological polar surface area (TPSA) is 73.2 Å². The van der Waals surface area contributed by atoms with Crippen molar-refractivity contribution in [2.45, 2.75) is 18.4 Å². The molecule has 1 aromatic carbocycles. The zero-order valence-electron chi connectivity index (χ0n) is 13.2. The number of anilines is 1. The Kier molecular flexibility index (Phi) is 4.38. The number of hydrogen-bond acceptors (Lipinski definition) is 4.